The Labute approximate surface area is 131 Å². The number of halogens is 4. The van der Waals surface area contributed by atoms with Crippen LogP contribution >= 0.6 is 11.8 Å². The van der Waals surface area contributed by atoms with Gasteiger partial charge in [0.25, 0.3) is 0 Å². The molecule has 0 saturated carbocycles. The Hall–Kier alpha value is -1.44. The quantitative estimate of drug-likeness (QED) is 0.263. The summed E-state index contributed by atoms with van der Waals surface area (Å²) in [4.78, 5) is 4.80. The number of guanidine groups is 1. The van der Waals surface area contributed by atoms with Crippen LogP contribution in [0.2, 0.25) is 0 Å². The summed E-state index contributed by atoms with van der Waals surface area (Å²) >= 11 is 1.53. The molecular weight excluding hydrogens is 318 g/mol. The van der Waals surface area contributed by atoms with Crippen LogP contribution in [0.5, 0.6) is 0 Å². The van der Waals surface area contributed by atoms with Gasteiger partial charge in [-0.1, -0.05) is 0 Å². The molecule has 124 valence electrons. The number of nitrogens with one attached hydrogen (secondary N) is 2. The fourth-order valence-corrected chi connectivity index (χ4v) is 2.27. The predicted molar refractivity (Wildman–Crippen MR) is 81.8 cm³/mol. The summed E-state index contributed by atoms with van der Waals surface area (Å²) in [6.07, 6.45) is -5.13. The maximum absolute atomic E-state index is 12.7. The van der Waals surface area contributed by atoms with E-state index in [0.717, 1.165) is 4.90 Å². The normalized spacial score (nSPS) is 12.3. The Balaban J connectivity index is 2.31. The average Bonchev–Trinajstić information content (AvgIpc) is 2.44. The monoisotopic (exact) mass is 337 g/mol. The van der Waals surface area contributed by atoms with Crippen molar-refractivity contribution in [2.75, 3.05) is 25.4 Å². The van der Waals surface area contributed by atoms with Crippen LogP contribution in [0.4, 0.5) is 17.6 Å². The highest BCUT2D eigenvalue weighted by molar-refractivity contribution is 7.99. The molecule has 0 spiro atoms. The predicted octanol–water partition coefficient (Wildman–Crippen LogP) is 3.43. The first-order valence-corrected chi connectivity index (χ1v) is 7.86. The van der Waals surface area contributed by atoms with E-state index in [4.69, 9.17) is 0 Å². The van der Waals surface area contributed by atoms with Crippen molar-refractivity contribution in [3.05, 3.63) is 30.1 Å². The smallest absolute Gasteiger partial charge is 0.357 e. The van der Waals surface area contributed by atoms with Crippen molar-refractivity contribution >= 4 is 17.7 Å². The summed E-state index contributed by atoms with van der Waals surface area (Å²) in [6.45, 7) is 2.65. The number of benzene rings is 1. The molecule has 0 fully saturated rings. The molecule has 0 aliphatic carbocycles. The Morgan fingerprint density at radius 3 is 2.45 bits per heavy atom. The largest absolute Gasteiger partial charge is 0.390 e. The summed E-state index contributed by atoms with van der Waals surface area (Å²) in [5, 5.41) is 5.85. The lowest BCUT2D eigenvalue weighted by molar-refractivity contribution is -0.132. The van der Waals surface area contributed by atoms with E-state index in [-0.39, 0.29) is 12.4 Å². The molecule has 0 unspecified atom stereocenters. The molecule has 1 aromatic rings. The maximum Gasteiger partial charge on any atom is 0.390 e. The molecule has 0 amide bonds. The number of aliphatic imine (C=N–C) groups is 1. The first kappa shape index (κ1) is 18.6. The highest BCUT2D eigenvalue weighted by Crippen LogP contribution is 2.19. The van der Waals surface area contributed by atoms with E-state index in [1.54, 1.807) is 12.1 Å². The zero-order chi connectivity index (χ0) is 16.4. The Morgan fingerprint density at radius 1 is 1.18 bits per heavy atom. The lowest BCUT2D eigenvalue weighted by atomic mass is 10.4. The van der Waals surface area contributed by atoms with E-state index >= 15 is 0 Å². The highest BCUT2D eigenvalue weighted by atomic mass is 32.2. The van der Waals surface area contributed by atoms with Crippen LogP contribution in [0.15, 0.2) is 34.2 Å². The van der Waals surface area contributed by atoms with Gasteiger partial charge >= 0.3 is 6.18 Å². The molecule has 3 nitrogen and oxygen atoms in total. The van der Waals surface area contributed by atoms with Crippen molar-refractivity contribution in [1.29, 1.82) is 0 Å². The zero-order valence-electron chi connectivity index (χ0n) is 12.2. The van der Waals surface area contributed by atoms with Gasteiger partial charge in [0.1, 0.15) is 5.82 Å². The standard InChI is InChI=1S/C14H19F4N3S/c1-2-19-13(20-8-7-14(16,17)18)21-9-10-22-12-5-3-11(15)4-6-12/h3-6H,2,7-10H2,1H3,(H2,19,20,21). The van der Waals surface area contributed by atoms with E-state index in [1.807, 2.05) is 6.92 Å². The highest BCUT2D eigenvalue weighted by Gasteiger charge is 2.26. The summed E-state index contributed by atoms with van der Waals surface area (Å²) in [6, 6.07) is 6.14. The Morgan fingerprint density at radius 2 is 1.86 bits per heavy atom. The van der Waals surface area contributed by atoms with Crippen LogP contribution in [-0.2, 0) is 0 Å². The van der Waals surface area contributed by atoms with Gasteiger partial charge in [0.15, 0.2) is 5.96 Å². The van der Waals surface area contributed by atoms with Crippen LogP contribution in [0.25, 0.3) is 0 Å². The summed E-state index contributed by atoms with van der Waals surface area (Å²) in [5.74, 6) is 0.773. The number of rotatable bonds is 7. The van der Waals surface area contributed by atoms with Gasteiger partial charge in [-0.2, -0.15) is 13.2 Å². The molecule has 1 aromatic carbocycles. The third-order valence-electron chi connectivity index (χ3n) is 2.49. The number of hydrogen-bond acceptors (Lipinski definition) is 2. The first-order valence-electron chi connectivity index (χ1n) is 6.88. The van der Waals surface area contributed by atoms with Crippen molar-refractivity contribution in [2.45, 2.75) is 24.4 Å². The van der Waals surface area contributed by atoms with Gasteiger partial charge in [-0.15, -0.1) is 11.8 Å². The van der Waals surface area contributed by atoms with E-state index in [9.17, 15) is 17.6 Å². The van der Waals surface area contributed by atoms with E-state index < -0.39 is 12.6 Å². The summed E-state index contributed by atoms with van der Waals surface area (Å²) < 4.78 is 49.0. The Kier molecular flexibility index (Phi) is 8.08. The lowest BCUT2D eigenvalue weighted by Crippen LogP contribution is -2.38. The van der Waals surface area contributed by atoms with Gasteiger partial charge in [-0.05, 0) is 31.2 Å². The molecule has 0 bridgehead atoms. The number of alkyl halides is 3. The molecule has 1 rings (SSSR count). The van der Waals surface area contributed by atoms with Gasteiger partial charge in [0.2, 0.25) is 0 Å². The van der Waals surface area contributed by atoms with Crippen LogP contribution in [-0.4, -0.2) is 37.5 Å². The van der Waals surface area contributed by atoms with Gasteiger partial charge in [0.05, 0.1) is 13.0 Å². The second-order valence-electron chi connectivity index (χ2n) is 4.35. The average molecular weight is 337 g/mol. The molecule has 0 atom stereocenters. The Bertz CT molecular complexity index is 460. The van der Waals surface area contributed by atoms with Gasteiger partial charge in [-0.3, -0.25) is 4.99 Å². The molecule has 0 heterocycles. The molecule has 0 aromatic heterocycles. The second kappa shape index (κ2) is 9.55. The summed E-state index contributed by atoms with van der Waals surface area (Å²) in [5.41, 5.74) is 0. The van der Waals surface area contributed by atoms with E-state index in [0.29, 0.717) is 24.8 Å². The number of hydrogen-bond donors (Lipinski definition) is 2. The van der Waals surface area contributed by atoms with Crippen molar-refractivity contribution in [2.24, 2.45) is 4.99 Å². The molecule has 0 saturated heterocycles. The molecule has 0 aliphatic rings. The van der Waals surface area contributed by atoms with Crippen LogP contribution < -0.4 is 10.6 Å². The molecular formula is C14H19F4N3S. The number of nitrogens with zero attached hydrogens (tertiary/aromatic N) is 1. The minimum absolute atomic E-state index is 0.284. The van der Waals surface area contributed by atoms with E-state index in [2.05, 4.69) is 15.6 Å². The zero-order valence-corrected chi connectivity index (χ0v) is 13.0. The van der Waals surface area contributed by atoms with Crippen LogP contribution in [0.1, 0.15) is 13.3 Å². The number of thioether (sulfide) groups is 1. The third-order valence-corrected chi connectivity index (χ3v) is 3.50. The molecule has 2 N–H and O–H groups in total. The fraction of sp³-hybridized carbons (Fsp3) is 0.500. The minimum atomic E-state index is -4.20. The third kappa shape index (κ3) is 8.76. The first-order chi connectivity index (χ1) is 10.4. The topological polar surface area (TPSA) is 36.4 Å². The van der Waals surface area contributed by atoms with Gasteiger partial charge in [-0.25, -0.2) is 4.39 Å². The van der Waals surface area contributed by atoms with E-state index in [1.165, 1.54) is 23.9 Å². The minimum Gasteiger partial charge on any atom is -0.357 e. The van der Waals surface area contributed by atoms with Crippen LogP contribution in [0, 0.1) is 5.82 Å². The maximum atomic E-state index is 12.7. The molecule has 0 aliphatic heterocycles. The SMILES string of the molecule is CCNC(=NCCC(F)(F)F)NCCSc1ccc(F)cc1. The molecule has 22 heavy (non-hydrogen) atoms. The summed E-state index contributed by atoms with van der Waals surface area (Å²) in [7, 11) is 0. The van der Waals surface area contributed by atoms with Crippen LogP contribution in [0.3, 0.4) is 0 Å². The van der Waals surface area contributed by atoms with Gasteiger partial charge < -0.3 is 10.6 Å². The van der Waals surface area contributed by atoms with Crippen molar-refractivity contribution in [3.8, 4) is 0 Å². The molecule has 8 heteroatoms. The van der Waals surface area contributed by atoms with Crippen molar-refractivity contribution in [3.63, 3.8) is 0 Å². The molecule has 0 radical (unpaired) electrons. The van der Waals surface area contributed by atoms with Crippen molar-refractivity contribution in [1.82, 2.24) is 10.6 Å². The van der Waals surface area contributed by atoms with Gasteiger partial charge in [0, 0.05) is 23.7 Å². The van der Waals surface area contributed by atoms with Crippen molar-refractivity contribution < 1.29 is 17.6 Å². The fourth-order valence-electron chi connectivity index (χ4n) is 1.51. The second-order valence-corrected chi connectivity index (χ2v) is 5.52. The lowest BCUT2D eigenvalue weighted by Gasteiger charge is -2.11.